The van der Waals surface area contributed by atoms with Crippen molar-refractivity contribution in [3.8, 4) is 0 Å². The number of rotatable bonds is 1. The highest BCUT2D eigenvalue weighted by molar-refractivity contribution is 4.81. The van der Waals surface area contributed by atoms with Crippen LogP contribution in [0.4, 0.5) is 0 Å². The number of hydrogen-bond donors (Lipinski definition) is 0. The zero-order valence-electron chi connectivity index (χ0n) is 7.61. The van der Waals surface area contributed by atoms with E-state index in [0.29, 0.717) is 5.41 Å². The van der Waals surface area contributed by atoms with E-state index in [1.165, 1.54) is 32.1 Å². The summed E-state index contributed by atoms with van der Waals surface area (Å²) in [4.78, 5) is 0. The summed E-state index contributed by atoms with van der Waals surface area (Å²) < 4.78 is 0. The molecule has 0 unspecified atom stereocenters. The maximum atomic E-state index is 2.43. The predicted octanol–water partition coefficient (Wildman–Crippen LogP) is 3.61. The first-order valence-corrected chi connectivity index (χ1v) is 4.67. The zero-order valence-corrected chi connectivity index (χ0v) is 7.61. The van der Waals surface area contributed by atoms with E-state index >= 15 is 0 Å². The Balaban J connectivity index is 2.51. The van der Waals surface area contributed by atoms with Gasteiger partial charge < -0.3 is 0 Å². The van der Waals surface area contributed by atoms with Crippen LogP contribution in [0.5, 0.6) is 0 Å². The van der Waals surface area contributed by atoms with E-state index in [2.05, 4.69) is 20.8 Å². The summed E-state index contributed by atoms with van der Waals surface area (Å²) in [5.74, 6) is 1.00. The van der Waals surface area contributed by atoms with Gasteiger partial charge in [-0.3, -0.25) is 0 Å². The van der Waals surface area contributed by atoms with Crippen molar-refractivity contribution in [2.75, 3.05) is 0 Å². The zero-order chi connectivity index (χ0) is 7.61. The molecule has 0 N–H and O–H groups in total. The summed E-state index contributed by atoms with van der Waals surface area (Å²) in [6, 6.07) is 0. The molecule has 0 spiro atoms. The van der Waals surface area contributed by atoms with Crippen molar-refractivity contribution in [1.29, 1.82) is 0 Å². The Morgan fingerprint density at radius 2 is 2.00 bits per heavy atom. The van der Waals surface area contributed by atoms with Gasteiger partial charge in [-0.15, -0.1) is 0 Å². The molecular weight excluding hydrogens is 120 g/mol. The van der Waals surface area contributed by atoms with Gasteiger partial charge in [0.2, 0.25) is 0 Å². The van der Waals surface area contributed by atoms with Crippen LogP contribution in [0.25, 0.3) is 0 Å². The van der Waals surface area contributed by atoms with Crippen LogP contribution >= 0.6 is 0 Å². The van der Waals surface area contributed by atoms with E-state index in [1.807, 2.05) is 0 Å². The Hall–Kier alpha value is 0. The van der Waals surface area contributed by atoms with Crippen LogP contribution in [0.3, 0.4) is 0 Å². The van der Waals surface area contributed by atoms with Gasteiger partial charge in [-0.2, -0.15) is 0 Å². The Bertz CT molecular complexity index is 103. The highest BCUT2D eigenvalue weighted by atomic mass is 14.4. The standard InChI is InChI=1S/C10H20/c1-4-9-7-5-6-8-10(9,2)3/h9H,4-8H2,1-3H3/t9-/m1/s1. The van der Waals surface area contributed by atoms with Gasteiger partial charge >= 0.3 is 0 Å². The molecule has 1 saturated carbocycles. The van der Waals surface area contributed by atoms with Crippen LogP contribution in [0.15, 0.2) is 0 Å². The molecule has 1 fully saturated rings. The van der Waals surface area contributed by atoms with E-state index < -0.39 is 0 Å². The second-order valence-corrected chi connectivity index (χ2v) is 4.34. The van der Waals surface area contributed by atoms with E-state index in [1.54, 1.807) is 0 Å². The Morgan fingerprint density at radius 3 is 2.40 bits per heavy atom. The minimum absolute atomic E-state index is 0.646. The molecule has 0 aromatic carbocycles. The molecule has 0 aliphatic heterocycles. The van der Waals surface area contributed by atoms with Gasteiger partial charge in [0.1, 0.15) is 0 Å². The predicted molar refractivity (Wildman–Crippen MR) is 46.0 cm³/mol. The fourth-order valence-electron chi connectivity index (χ4n) is 2.32. The maximum Gasteiger partial charge on any atom is -0.0326 e. The lowest BCUT2D eigenvalue weighted by atomic mass is 9.68. The molecule has 0 saturated heterocycles. The van der Waals surface area contributed by atoms with Crippen LogP contribution in [-0.4, -0.2) is 0 Å². The molecule has 1 atom stereocenters. The highest BCUT2D eigenvalue weighted by Crippen LogP contribution is 2.41. The minimum atomic E-state index is 0.646. The monoisotopic (exact) mass is 140 g/mol. The molecule has 0 aromatic heterocycles. The molecule has 10 heavy (non-hydrogen) atoms. The quantitative estimate of drug-likeness (QED) is 0.522. The van der Waals surface area contributed by atoms with Gasteiger partial charge in [0.05, 0.1) is 0 Å². The fraction of sp³-hybridized carbons (Fsp3) is 1.00. The van der Waals surface area contributed by atoms with Crippen molar-refractivity contribution >= 4 is 0 Å². The smallest absolute Gasteiger partial charge is 0.0326 e. The van der Waals surface area contributed by atoms with Crippen LogP contribution in [0, 0.1) is 11.3 Å². The molecule has 60 valence electrons. The Labute approximate surface area is 65.0 Å². The van der Waals surface area contributed by atoms with Crippen molar-refractivity contribution < 1.29 is 0 Å². The SMILES string of the molecule is CC[C@@H]1CCCCC1(C)C. The highest BCUT2D eigenvalue weighted by Gasteiger charge is 2.30. The third-order valence-corrected chi connectivity index (χ3v) is 3.22. The fourth-order valence-corrected chi connectivity index (χ4v) is 2.32. The third-order valence-electron chi connectivity index (χ3n) is 3.22. The van der Waals surface area contributed by atoms with Crippen molar-refractivity contribution in [1.82, 2.24) is 0 Å². The van der Waals surface area contributed by atoms with Crippen LogP contribution < -0.4 is 0 Å². The maximum absolute atomic E-state index is 2.43. The van der Waals surface area contributed by atoms with Gasteiger partial charge in [0.25, 0.3) is 0 Å². The third kappa shape index (κ3) is 1.53. The molecule has 0 nitrogen and oxygen atoms in total. The molecule has 0 amide bonds. The van der Waals surface area contributed by atoms with Crippen LogP contribution in [0.1, 0.15) is 52.9 Å². The van der Waals surface area contributed by atoms with Gasteiger partial charge in [0.15, 0.2) is 0 Å². The number of hydrogen-bond acceptors (Lipinski definition) is 0. The Kier molecular flexibility index (Phi) is 2.38. The van der Waals surface area contributed by atoms with Gasteiger partial charge in [-0.25, -0.2) is 0 Å². The summed E-state index contributed by atoms with van der Waals surface area (Å²) in [6.45, 7) is 7.19. The summed E-state index contributed by atoms with van der Waals surface area (Å²) >= 11 is 0. The summed E-state index contributed by atoms with van der Waals surface area (Å²) in [5, 5.41) is 0. The molecular formula is C10H20. The van der Waals surface area contributed by atoms with E-state index in [4.69, 9.17) is 0 Å². The Morgan fingerprint density at radius 1 is 1.30 bits per heavy atom. The average molecular weight is 140 g/mol. The molecule has 0 heterocycles. The van der Waals surface area contributed by atoms with Gasteiger partial charge in [0, 0.05) is 0 Å². The first kappa shape index (κ1) is 8.10. The molecule has 1 rings (SSSR count). The normalized spacial score (nSPS) is 32.1. The van der Waals surface area contributed by atoms with Gasteiger partial charge in [-0.05, 0) is 24.2 Å². The second-order valence-electron chi connectivity index (χ2n) is 4.34. The average Bonchev–Trinajstić information content (AvgIpc) is 1.87. The van der Waals surface area contributed by atoms with Crippen molar-refractivity contribution in [2.24, 2.45) is 11.3 Å². The summed E-state index contributed by atoms with van der Waals surface area (Å²) in [6.07, 6.45) is 7.24. The van der Waals surface area contributed by atoms with Gasteiger partial charge in [-0.1, -0.05) is 40.0 Å². The molecule has 1 aliphatic rings. The van der Waals surface area contributed by atoms with Crippen molar-refractivity contribution in [3.63, 3.8) is 0 Å². The van der Waals surface area contributed by atoms with Crippen LogP contribution in [-0.2, 0) is 0 Å². The minimum Gasteiger partial charge on any atom is -0.0651 e. The van der Waals surface area contributed by atoms with E-state index in [-0.39, 0.29) is 0 Å². The first-order chi connectivity index (χ1) is 4.67. The first-order valence-electron chi connectivity index (χ1n) is 4.67. The molecule has 0 bridgehead atoms. The molecule has 0 radical (unpaired) electrons. The molecule has 1 aliphatic carbocycles. The molecule has 0 aromatic rings. The lowest BCUT2D eigenvalue weighted by Gasteiger charge is -2.38. The topological polar surface area (TPSA) is 0 Å². The summed E-state index contributed by atoms with van der Waals surface area (Å²) in [5.41, 5.74) is 0.646. The van der Waals surface area contributed by atoms with Crippen molar-refractivity contribution in [3.05, 3.63) is 0 Å². The largest absolute Gasteiger partial charge is 0.0651 e. The van der Waals surface area contributed by atoms with Crippen molar-refractivity contribution in [2.45, 2.75) is 52.9 Å². The lowest BCUT2D eigenvalue weighted by molar-refractivity contribution is 0.134. The lowest BCUT2D eigenvalue weighted by Crippen LogP contribution is -2.26. The van der Waals surface area contributed by atoms with E-state index in [0.717, 1.165) is 5.92 Å². The molecule has 0 heteroatoms. The van der Waals surface area contributed by atoms with Crippen LogP contribution in [0.2, 0.25) is 0 Å². The second kappa shape index (κ2) is 2.94. The van der Waals surface area contributed by atoms with E-state index in [9.17, 15) is 0 Å². The summed E-state index contributed by atoms with van der Waals surface area (Å²) in [7, 11) is 0.